The fraction of sp³-hybridized carbons (Fsp3) is 0.333. The van der Waals surface area contributed by atoms with Crippen molar-refractivity contribution in [3.8, 4) is 0 Å². The third kappa shape index (κ3) is 1.41. The summed E-state index contributed by atoms with van der Waals surface area (Å²) < 4.78 is 12.7. The molecular formula is C12H12FNO2. The van der Waals surface area contributed by atoms with E-state index in [4.69, 9.17) is 0 Å². The van der Waals surface area contributed by atoms with Crippen molar-refractivity contribution in [2.45, 2.75) is 19.4 Å². The number of hydrogen-bond acceptors (Lipinski definition) is 2. The van der Waals surface area contributed by atoms with Gasteiger partial charge in [0.25, 0.3) is 11.8 Å². The first-order chi connectivity index (χ1) is 7.70. The van der Waals surface area contributed by atoms with E-state index in [2.05, 4.69) is 0 Å². The molecule has 0 saturated carbocycles. The van der Waals surface area contributed by atoms with Gasteiger partial charge in [0.2, 0.25) is 0 Å². The Kier molecular flexibility index (Phi) is 2.73. The number of nitrogens with zero attached hydrogens (tertiary/aromatic N) is 1. The summed E-state index contributed by atoms with van der Waals surface area (Å²) in [6.07, 6.45) is 0.433. The maximum absolute atomic E-state index is 12.7. The van der Waals surface area contributed by atoms with Crippen LogP contribution in [0.1, 0.15) is 34.1 Å². The van der Waals surface area contributed by atoms with Crippen molar-refractivity contribution in [2.24, 2.45) is 0 Å². The Morgan fingerprint density at radius 1 is 1.19 bits per heavy atom. The van der Waals surface area contributed by atoms with Gasteiger partial charge in [-0.3, -0.25) is 14.5 Å². The van der Waals surface area contributed by atoms with E-state index < -0.39 is 12.7 Å². The zero-order valence-corrected chi connectivity index (χ0v) is 8.94. The summed E-state index contributed by atoms with van der Waals surface area (Å²) in [6, 6.07) is 5.95. The molecule has 2 amide bonds. The highest BCUT2D eigenvalue weighted by Crippen LogP contribution is 2.25. The summed E-state index contributed by atoms with van der Waals surface area (Å²) in [5, 5.41) is 0. The van der Waals surface area contributed by atoms with E-state index in [-0.39, 0.29) is 11.8 Å². The molecular weight excluding hydrogens is 209 g/mol. The lowest BCUT2D eigenvalue weighted by molar-refractivity contribution is 0.0555. The third-order valence-electron chi connectivity index (χ3n) is 2.84. The van der Waals surface area contributed by atoms with Gasteiger partial charge in [0, 0.05) is 0 Å². The first-order valence-corrected chi connectivity index (χ1v) is 5.23. The smallest absolute Gasteiger partial charge is 0.261 e. The molecule has 1 unspecified atom stereocenters. The van der Waals surface area contributed by atoms with Gasteiger partial charge in [0.05, 0.1) is 17.2 Å². The first-order valence-electron chi connectivity index (χ1n) is 5.23. The van der Waals surface area contributed by atoms with Gasteiger partial charge >= 0.3 is 0 Å². The monoisotopic (exact) mass is 221 g/mol. The minimum atomic E-state index is -0.692. The van der Waals surface area contributed by atoms with E-state index in [1.54, 1.807) is 31.2 Å². The number of carbonyl (C=O) groups is 2. The molecule has 1 heterocycles. The summed E-state index contributed by atoms with van der Waals surface area (Å²) in [7, 11) is 0. The molecule has 0 aliphatic carbocycles. The van der Waals surface area contributed by atoms with Crippen molar-refractivity contribution < 1.29 is 14.0 Å². The van der Waals surface area contributed by atoms with E-state index in [0.29, 0.717) is 17.5 Å². The Morgan fingerprint density at radius 2 is 1.69 bits per heavy atom. The lowest BCUT2D eigenvalue weighted by Crippen LogP contribution is -2.40. The molecule has 0 fully saturated rings. The van der Waals surface area contributed by atoms with Crippen molar-refractivity contribution >= 4 is 11.8 Å². The largest absolute Gasteiger partial charge is 0.269 e. The zero-order valence-electron chi connectivity index (χ0n) is 8.94. The van der Waals surface area contributed by atoms with Crippen LogP contribution in [0, 0.1) is 0 Å². The van der Waals surface area contributed by atoms with Crippen LogP contribution in [0.2, 0.25) is 0 Å². The molecule has 0 N–H and O–H groups in total. The molecule has 1 aromatic rings. The molecule has 0 aromatic heterocycles. The number of amides is 2. The van der Waals surface area contributed by atoms with E-state index >= 15 is 0 Å². The number of carbonyl (C=O) groups excluding carboxylic acids is 2. The van der Waals surface area contributed by atoms with Crippen LogP contribution in [0.4, 0.5) is 4.39 Å². The van der Waals surface area contributed by atoms with Gasteiger partial charge in [0.1, 0.15) is 6.67 Å². The van der Waals surface area contributed by atoms with E-state index in [9.17, 15) is 14.0 Å². The number of hydrogen-bond donors (Lipinski definition) is 0. The molecule has 3 nitrogen and oxygen atoms in total. The van der Waals surface area contributed by atoms with Crippen LogP contribution < -0.4 is 0 Å². The van der Waals surface area contributed by atoms with Gasteiger partial charge in [-0.25, -0.2) is 4.39 Å². The predicted molar refractivity (Wildman–Crippen MR) is 57.0 cm³/mol. The molecule has 0 radical (unpaired) electrons. The average Bonchev–Trinajstić information content (AvgIpc) is 2.57. The molecule has 0 saturated heterocycles. The maximum atomic E-state index is 12.7. The Balaban J connectivity index is 2.42. The number of benzene rings is 1. The number of fused-ring (bicyclic) bond motifs is 1. The minimum absolute atomic E-state index is 0.374. The molecule has 1 aliphatic rings. The molecule has 1 atom stereocenters. The second-order valence-corrected chi connectivity index (χ2v) is 3.74. The highest BCUT2D eigenvalue weighted by atomic mass is 19.1. The maximum Gasteiger partial charge on any atom is 0.261 e. The lowest BCUT2D eigenvalue weighted by Gasteiger charge is -2.21. The fourth-order valence-electron chi connectivity index (χ4n) is 1.90. The summed E-state index contributed by atoms with van der Waals surface area (Å²) >= 11 is 0. The van der Waals surface area contributed by atoms with Crippen LogP contribution in [-0.4, -0.2) is 29.4 Å². The lowest BCUT2D eigenvalue weighted by atomic mass is 10.1. The first kappa shape index (κ1) is 10.8. The summed E-state index contributed by atoms with van der Waals surface area (Å²) in [5.41, 5.74) is 0.749. The van der Waals surface area contributed by atoms with E-state index in [1.165, 1.54) is 0 Å². The molecule has 4 heteroatoms. The van der Waals surface area contributed by atoms with Crippen LogP contribution in [0.25, 0.3) is 0 Å². The average molecular weight is 221 g/mol. The fourth-order valence-corrected chi connectivity index (χ4v) is 1.90. The highest BCUT2D eigenvalue weighted by Gasteiger charge is 2.38. The van der Waals surface area contributed by atoms with Crippen molar-refractivity contribution in [3.05, 3.63) is 35.4 Å². The van der Waals surface area contributed by atoms with Crippen molar-refractivity contribution in [3.63, 3.8) is 0 Å². The topological polar surface area (TPSA) is 37.4 Å². The molecule has 1 aliphatic heterocycles. The summed E-state index contributed by atoms with van der Waals surface area (Å²) in [6.45, 7) is 1.07. The number of alkyl halides is 1. The normalized spacial score (nSPS) is 16.5. The van der Waals surface area contributed by atoms with Crippen LogP contribution in [0.15, 0.2) is 24.3 Å². The Hall–Kier alpha value is -1.71. The Bertz CT molecular complexity index is 405. The standard InChI is InChI=1S/C12H12FNO2/c1-2-8(7-13)14-11(15)9-5-3-4-6-10(9)12(14)16/h3-6,8H,2,7H2,1H3. The second kappa shape index (κ2) is 4.04. The van der Waals surface area contributed by atoms with Crippen LogP contribution in [0.3, 0.4) is 0 Å². The molecule has 1 aromatic carbocycles. The third-order valence-corrected chi connectivity index (χ3v) is 2.84. The predicted octanol–water partition coefficient (Wildman–Crippen LogP) is 2.03. The van der Waals surface area contributed by atoms with Gasteiger partial charge in [0.15, 0.2) is 0 Å². The van der Waals surface area contributed by atoms with Gasteiger partial charge in [-0.1, -0.05) is 19.1 Å². The van der Waals surface area contributed by atoms with Crippen molar-refractivity contribution in [1.29, 1.82) is 0 Å². The summed E-state index contributed by atoms with van der Waals surface area (Å²) in [4.78, 5) is 24.8. The van der Waals surface area contributed by atoms with Gasteiger partial charge < -0.3 is 0 Å². The Morgan fingerprint density at radius 3 is 2.06 bits per heavy atom. The van der Waals surface area contributed by atoms with E-state index in [1.807, 2.05) is 0 Å². The van der Waals surface area contributed by atoms with Crippen LogP contribution >= 0.6 is 0 Å². The zero-order chi connectivity index (χ0) is 11.7. The minimum Gasteiger partial charge on any atom is -0.269 e. The van der Waals surface area contributed by atoms with Gasteiger partial charge in [-0.05, 0) is 18.6 Å². The Labute approximate surface area is 92.9 Å². The molecule has 0 spiro atoms. The van der Waals surface area contributed by atoms with Crippen molar-refractivity contribution in [1.82, 2.24) is 4.90 Å². The summed E-state index contributed by atoms with van der Waals surface area (Å²) in [5.74, 6) is -0.768. The molecule has 16 heavy (non-hydrogen) atoms. The molecule has 2 rings (SSSR count). The van der Waals surface area contributed by atoms with Crippen LogP contribution in [-0.2, 0) is 0 Å². The van der Waals surface area contributed by atoms with E-state index in [0.717, 1.165) is 4.90 Å². The number of rotatable bonds is 3. The molecule has 84 valence electrons. The highest BCUT2D eigenvalue weighted by molar-refractivity contribution is 6.21. The van der Waals surface area contributed by atoms with Crippen LogP contribution in [0.5, 0.6) is 0 Å². The molecule has 0 bridgehead atoms. The number of halogens is 1. The number of imide groups is 1. The second-order valence-electron chi connectivity index (χ2n) is 3.74. The SMILES string of the molecule is CCC(CF)N1C(=O)c2ccccc2C1=O. The van der Waals surface area contributed by atoms with Gasteiger partial charge in [-0.15, -0.1) is 0 Å². The quantitative estimate of drug-likeness (QED) is 0.732. The van der Waals surface area contributed by atoms with Crippen molar-refractivity contribution in [2.75, 3.05) is 6.67 Å². The van der Waals surface area contributed by atoms with Gasteiger partial charge in [-0.2, -0.15) is 0 Å².